The van der Waals surface area contributed by atoms with Crippen molar-refractivity contribution in [2.75, 3.05) is 7.11 Å². The molecule has 0 amide bonds. The maximum Gasteiger partial charge on any atom is 0.307 e. The molecule has 1 heterocycles. The van der Waals surface area contributed by atoms with Crippen molar-refractivity contribution in [3.05, 3.63) is 23.8 Å². The quantitative estimate of drug-likeness (QED) is 0.704. The van der Waals surface area contributed by atoms with E-state index in [0.29, 0.717) is 11.5 Å². The lowest BCUT2D eigenvalue weighted by Gasteiger charge is -2.09. The summed E-state index contributed by atoms with van der Waals surface area (Å²) in [5, 5.41) is 0. The van der Waals surface area contributed by atoms with Crippen molar-refractivity contribution in [1.82, 2.24) is 9.97 Å². The second-order valence-corrected chi connectivity index (χ2v) is 2.92. The van der Waals surface area contributed by atoms with Crippen LogP contribution in [0, 0.1) is 6.92 Å². The summed E-state index contributed by atoms with van der Waals surface area (Å²) in [5.74, 6) is 0.302. The van der Waals surface area contributed by atoms with E-state index in [4.69, 9.17) is 5.73 Å². The Bertz CT molecular complexity index is 328. The van der Waals surface area contributed by atoms with Gasteiger partial charge in [-0.15, -0.1) is 0 Å². The fourth-order valence-corrected chi connectivity index (χ4v) is 1.05. The summed E-state index contributed by atoms with van der Waals surface area (Å²) in [6.45, 7) is 1.77. The van der Waals surface area contributed by atoms with Crippen LogP contribution in [0.25, 0.3) is 0 Å². The van der Waals surface area contributed by atoms with E-state index in [1.165, 1.54) is 7.11 Å². The van der Waals surface area contributed by atoms with Crippen molar-refractivity contribution in [2.45, 2.75) is 19.4 Å². The number of carbonyl (C=O) groups excluding carboxylic acids is 1. The Morgan fingerprint density at radius 1 is 1.71 bits per heavy atom. The van der Waals surface area contributed by atoms with Crippen LogP contribution < -0.4 is 5.73 Å². The number of nitrogens with two attached hydrogens (primary N) is 1. The van der Waals surface area contributed by atoms with Crippen LogP contribution in [0.2, 0.25) is 0 Å². The molecule has 0 saturated carbocycles. The van der Waals surface area contributed by atoms with Crippen molar-refractivity contribution >= 4 is 5.97 Å². The average Bonchev–Trinajstić information content (AvgIpc) is 2.17. The summed E-state index contributed by atoms with van der Waals surface area (Å²) in [7, 11) is 1.33. The van der Waals surface area contributed by atoms with Gasteiger partial charge in [0.2, 0.25) is 0 Å². The normalized spacial score (nSPS) is 12.2. The van der Waals surface area contributed by atoms with Gasteiger partial charge in [-0.3, -0.25) is 4.79 Å². The molecule has 0 radical (unpaired) electrons. The van der Waals surface area contributed by atoms with Crippen LogP contribution in [-0.2, 0) is 9.53 Å². The molecule has 0 aliphatic carbocycles. The van der Waals surface area contributed by atoms with Gasteiger partial charge < -0.3 is 10.5 Å². The minimum absolute atomic E-state index is 0.132. The summed E-state index contributed by atoms with van der Waals surface area (Å²) in [5.41, 5.74) is 6.40. The van der Waals surface area contributed by atoms with E-state index < -0.39 is 6.04 Å². The zero-order chi connectivity index (χ0) is 10.6. The first kappa shape index (κ1) is 10.6. The molecular formula is C9H13N3O2. The van der Waals surface area contributed by atoms with Gasteiger partial charge in [0.1, 0.15) is 5.82 Å². The number of esters is 1. The molecule has 76 valence electrons. The molecule has 0 aliphatic rings. The smallest absolute Gasteiger partial charge is 0.307 e. The topological polar surface area (TPSA) is 78.1 Å². The lowest BCUT2D eigenvalue weighted by atomic mass is 10.1. The van der Waals surface area contributed by atoms with E-state index in [-0.39, 0.29) is 12.4 Å². The number of hydrogen-bond acceptors (Lipinski definition) is 5. The molecule has 5 nitrogen and oxygen atoms in total. The number of carbonyl (C=O) groups is 1. The highest BCUT2D eigenvalue weighted by Crippen LogP contribution is 2.10. The molecule has 0 saturated heterocycles. The molecule has 1 rings (SSSR count). The summed E-state index contributed by atoms with van der Waals surface area (Å²) in [4.78, 5) is 19.0. The second kappa shape index (κ2) is 4.66. The molecule has 0 unspecified atom stereocenters. The number of methoxy groups -OCH3 is 1. The maximum atomic E-state index is 10.9. The Balaban J connectivity index is 2.69. The molecular weight excluding hydrogens is 182 g/mol. The molecule has 5 heteroatoms. The Morgan fingerprint density at radius 3 is 3.00 bits per heavy atom. The third-order valence-corrected chi connectivity index (χ3v) is 1.79. The van der Waals surface area contributed by atoms with Crippen molar-refractivity contribution in [3.8, 4) is 0 Å². The van der Waals surface area contributed by atoms with E-state index >= 15 is 0 Å². The van der Waals surface area contributed by atoms with Gasteiger partial charge in [-0.25, -0.2) is 9.97 Å². The third-order valence-electron chi connectivity index (χ3n) is 1.79. The fraction of sp³-hybridized carbons (Fsp3) is 0.444. The number of aryl methyl sites for hydroxylation is 1. The highest BCUT2D eigenvalue weighted by molar-refractivity contribution is 5.70. The van der Waals surface area contributed by atoms with E-state index in [2.05, 4.69) is 14.7 Å². The number of hydrogen-bond donors (Lipinski definition) is 1. The minimum Gasteiger partial charge on any atom is -0.469 e. The molecule has 0 aromatic carbocycles. The SMILES string of the molecule is COC(=O)C[C@@H](N)c1ccnc(C)n1. The van der Waals surface area contributed by atoms with E-state index in [0.717, 1.165) is 0 Å². The fourth-order valence-electron chi connectivity index (χ4n) is 1.05. The number of aromatic nitrogens is 2. The molecule has 0 fully saturated rings. The van der Waals surface area contributed by atoms with Gasteiger partial charge >= 0.3 is 5.97 Å². The largest absolute Gasteiger partial charge is 0.469 e. The van der Waals surface area contributed by atoms with Gasteiger partial charge in [-0.05, 0) is 13.0 Å². The van der Waals surface area contributed by atoms with Crippen molar-refractivity contribution in [1.29, 1.82) is 0 Å². The highest BCUT2D eigenvalue weighted by atomic mass is 16.5. The van der Waals surface area contributed by atoms with Crippen molar-refractivity contribution in [3.63, 3.8) is 0 Å². The minimum atomic E-state index is -0.427. The average molecular weight is 195 g/mol. The van der Waals surface area contributed by atoms with Crippen LogP contribution in [0.4, 0.5) is 0 Å². The Morgan fingerprint density at radius 2 is 2.43 bits per heavy atom. The molecule has 0 bridgehead atoms. The van der Waals surface area contributed by atoms with Gasteiger partial charge in [0.05, 0.1) is 25.3 Å². The molecule has 1 aromatic rings. The van der Waals surface area contributed by atoms with E-state index in [9.17, 15) is 4.79 Å². The lowest BCUT2D eigenvalue weighted by Crippen LogP contribution is -2.17. The monoisotopic (exact) mass is 195 g/mol. The van der Waals surface area contributed by atoms with Crippen LogP contribution in [0.1, 0.15) is 24.0 Å². The summed E-state index contributed by atoms with van der Waals surface area (Å²) in [6, 6.07) is 1.27. The molecule has 1 atom stereocenters. The van der Waals surface area contributed by atoms with E-state index in [1.807, 2.05) is 0 Å². The number of ether oxygens (including phenoxy) is 1. The van der Waals surface area contributed by atoms with Crippen molar-refractivity contribution < 1.29 is 9.53 Å². The summed E-state index contributed by atoms with van der Waals surface area (Å²) in [6.07, 6.45) is 1.75. The van der Waals surface area contributed by atoms with Gasteiger partial charge in [-0.2, -0.15) is 0 Å². The predicted octanol–water partition coefficient (Wildman–Crippen LogP) is 0.348. The van der Waals surface area contributed by atoms with Gasteiger partial charge in [0, 0.05) is 6.20 Å². The summed E-state index contributed by atoms with van der Waals surface area (Å²) < 4.78 is 4.51. The standard InChI is InChI=1S/C9H13N3O2/c1-6-11-4-3-8(12-6)7(10)5-9(13)14-2/h3-4,7H,5,10H2,1-2H3/t7-/m1/s1. The van der Waals surface area contributed by atoms with E-state index in [1.54, 1.807) is 19.2 Å². The first-order valence-electron chi connectivity index (χ1n) is 4.25. The predicted molar refractivity (Wildman–Crippen MR) is 50.3 cm³/mol. The third kappa shape index (κ3) is 2.77. The Hall–Kier alpha value is -1.49. The zero-order valence-corrected chi connectivity index (χ0v) is 8.23. The van der Waals surface area contributed by atoms with Gasteiger partial charge in [-0.1, -0.05) is 0 Å². The molecule has 1 aromatic heterocycles. The highest BCUT2D eigenvalue weighted by Gasteiger charge is 2.12. The van der Waals surface area contributed by atoms with Crippen LogP contribution in [0.15, 0.2) is 12.3 Å². The van der Waals surface area contributed by atoms with Gasteiger partial charge in [0.15, 0.2) is 0 Å². The van der Waals surface area contributed by atoms with Crippen LogP contribution >= 0.6 is 0 Å². The second-order valence-electron chi connectivity index (χ2n) is 2.92. The first-order valence-corrected chi connectivity index (χ1v) is 4.25. The molecule has 0 aliphatic heterocycles. The number of rotatable bonds is 3. The Labute approximate surface area is 82.3 Å². The lowest BCUT2D eigenvalue weighted by molar-refractivity contribution is -0.141. The van der Waals surface area contributed by atoms with Crippen molar-refractivity contribution in [2.24, 2.45) is 5.73 Å². The molecule has 14 heavy (non-hydrogen) atoms. The summed E-state index contributed by atoms with van der Waals surface area (Å²) >= 11 is 0. The van der Waals surface area contributed by atoms with Crippen LogP contribution in [0.3, 0.4) is 0 Å². The maximum absolute atomic E-state index is 10.9. The molecule has 2 N–H and O–H groups in total. The Kier molecular flexibility index (Phi) is 3.53. The first-order chi connectivity index (χ1) is 6.63. The molecule has 0 spiro atoms. The van der Waals surface area contributed by atoms with Crippen LogP contribution in [-0.4, -0.2) is 23.0 Å². The van der Waals surface area contributed by atoms with Gasteiger partial charge in [0.25, 0.3) is 0 Å². The van der Waals surface area contributed by atoms with Crippen LogP contribution in [0.5, 0.6) is 0 Å². The number of nitrogens with zero attached hydrogens (tertiary/aromatic N) is 2. The zero-order valence-electron chi connectivity index (χ0n) is 8.23.